The van der Waals surface area contributed by atoms with Gasteiger partial charge in [-0.15, -0.1) is 0 Å². The summed E-state index contributed by atoms with van der Waals surface area (Å²) in [5.41, 5.74) is 4.34. The molecule has 0 aromatic carbocycles. The Kier molecular flexibility index (Phi) is 3.18. The molecule has 1 aromatic rings. The Morgan fingerprint density at radius 2 is 2.19 bits per heavy atom. The van der Waals surface area contributed by atoms with Crippen molar-refractivity contribution >= 4 is 32.4 Å². The number of aromatic nitrogens is 1. The van der Waals surface area contributed by atoms with Crippen LogP contribution in [0.5, 0.6) is 0 Å². The summed E-state index contributed by atoms with van der Waals surface area (Å²) in [5, 5.41) is 0. The minimum atomic E-state index is 0.816. The molecular formula is C12H13IN2O. The number of methoxy groups -OCH3 is 1. The largest absolute Gasteiger partial charge is 0.494 e. The van der Waals surface area contributed by atoms with Gasteiger partial charge in [0.2, 0.25) is 0 Å². The van der Waals surface area contributed by atoms with Crippen molar-refractivity contribution in [2.24, 2.45) is 4.99 Å². The summed E-state index contributed by atoms with van der Waals surface area (Å²) in [6.07, 6.45) is 3.95. The Morgan fingerprint density at radius 3 is 2.75 bits per heavy atom. The highest BCUT2D eigenvalue weighted by molar-refractivity contribution is 14.1. The van der Waals surface area contributed by atoms with E-state index in [9.17, 15) is 0 Å². The number of nitrogens with one attached hydrogen (secondary N) is 1. The average molecular weight is 328 g/mol. The summed E-state index contributed by atoms with van der Waals surface area (Å²) >= 11 is 2.18. The Labute approximate surface area is 108 Å². The second kappa shape index (κ2) is 4.45. The first-order valence-electron chi connectivity index (χ1n) is 4.98. The Bertz CT molecular complexity index is 509. The fourth-order valence-corrected chi connectivity index (χ4v) is 2.23. The van der Waals surface area contributed by atoms with Crippen molar-refractivity contribution in [2.75, 3.05) is 7.11 Å². The number of halogens is 1. The van der Waals surface area contributed by atoms with Crippen LogP contribution < -0.4 is 0 Å². The maximum atomic E-state index is 5.27. The van der Waals surface area contributed by atoms with Gasteiger partial charge in [0.1, 0.15) is 15.2 Å². The van der Waals surface area contributed by atoms with Crippen LogP contribution in [0.25, 0.3) is 6.08 Å². The van der Waals surface area contributed by atoms with Crippen LogP contribution in [-0.4, -0.2) is 15.8 Å². The molecule has 2 rings (SSSR count). The van der Waals surface area contributed by atoms with Gasteiger partial charge in [-0.1, -0.05) is 0 Å². The van der Waals surface area contributed by atoms with Gasteiger partial charge in [-0.25, -0.2) is 4.99 Å². The summed E-state index contributed by atoms with van der Waals surface area (Å²) in [7, 11) is 1.66. The molecule has 84 valence electrons. The standard InChI is InChI=1S/C12H13IN2O/c1-7-4-8(2)14-9(7)5-10-11(16-3)6-12(13)15-10/h4-6,14H,1-3H3/b10-5-. The van der Waals surface area contributed by atoms with E-state index >= 15 is 0 Å². The van der Waals surface area contributed by atoms with Crippen molar-refractivity contribution in [3.05, 3.63) is 40.5 Å². The lowest BCUT2D eigenvalue weighted by Crippen LogP contribution is -1.87. The lowest BCUT2D eigenvalue weighted by atomic mass is 10.2. The van der Waals surface area contributed by atoms with E-state index in [1.54, 1.807) is 7.11 Å². The van der Waals surface area contributed by atoms with Crippen molar-refractivity contribution in [1.29, 1.82) is 0 Å². The van der Waals surface area contributed by atoms with Crippen LogP contribution in [0, 0.1) is 13.8 Å². The lowest BCUT2D eigenvalue weighted by molar-refractivity contribution is 0.303. The highest BCUT2D eigenvalue weighted by Crippen LogP contribution is 2.25. The molecule has 1 aliphatic rings. The molecule has 0 atom stereocenters. The molecule has 0 aliphatic carbocycles. The van der Waals surface area contributed by atoms with Gasteiger partial charge in [-0.05, 0) is 54.1 Å². The third-order valence-corrected chi connectivity index (χ3v) is 2.97. The SMILES string of the molecule is COC1=CC(I)=N/C1=C\c1[nH]c(C)cc1C. The van der Waals surface area contributed by atoms with Crippen LogP contribution in [-0.2, 0) is 4.74 Å². The predicted octanol–water partition coefficient (Wildman–Crippen LogP) is 3.35. The van der Waals surface area contributed by atoms with E-state index in [-0.39, 0.29) is 0 Å². The second-order valence-corrected chi connectivity index (χ2v) is 4.83. The zero-order valence-corrected chi connectivity index (χ0v) is 11.6. The van der Waals surface area contributed by atoms with E-state index in [4.69, 9.17) is 4.74 Å². The smallest absolute Gasteiger partial charge is 0.147 e. The number of hydrogen-bond donors (Lipinski definition) is 1. The van der Waals surface area contributed by atoms with Crippen molar-refractivity contribution in [1.82, 2.24) is 4.98 Å². The quantitative estimate of drug-likeness (QED) is 0.831. The van der Waals surface area contributed by atoms with Crippen LogP contribution in [0.2, 0.25) is 0 Å². The normalized spacial score (nSPS) is 17.6. The summed E-state index contributed by atoms with van der Waals surface area (Å²) < 4.78 is 6.22. The molecule has 2 heterocycles. The number of H-pyrrole nitrogens is 1. The van der Waals surface area contributed by atoms with E-state index < -0.39 is 0 Å². The highest BCUT2D eigenvalue weighted by Gasteiger charge is 2.13. The molecule has 1 N–H and O–H groups in total. The van der Waals surface area contributed by atoms with Gasteiger partial charge in [0.25, 0.3) is 0 Å². The first-order chi connectivity index (χ1) is 7.60. The molecule has 3 nitrogen and oxygen atoms in total. The molecule has 0 spiro atoms. The van der Waals surface area contributed by atoms with Gasteiger partial charge >= 0.3 is 0 Å². The number of aromatic amines is 1. The number of nitrogens with zero attached hydrogens (tertiary/aromatic N) is 1. The van der Waals surface area contributed by atoms with E-state index in [2.05, 4.69) is 45.6 Å². The molecule has 1 aliphatic heterocycles. The predicted molar refractivity (Wildman–Crippen MR) is 74.8 cm³/mol. The maximum Gasteiger partial charge on any atom is 0.147 e. The van der Waals surface area contributed by atoms with Gasteiger partial charge in [-0.3, -0.25) is 0 Å². The van der Waals surface area contributed by atoms with Crippen LogP contribution in [0.15, 0.2) is 28.6 Å². The zero-order valence-electron chi connectivity index (χ0n) is 9.47. The van der Waals surface area contributed by atoms with Crippen LogP contribution >= 0.6 is 22.6 Å². The number of aliphatic imine (C=N–C) groups is 1. The number of allylic oxidation sites excluding steroid dienone is 1. The molecule has 0 saturated carbocycles. The monoisotopic (exact) mass is 328 g/mol. The maximum absolute atomic E-state index is 5.27. The summed E-state index contributed by atoms with van der Waals surface area (Å²) in [6.45, 7) is 4.12. The first-order valence-corrected chi connectivity index (χ1v) is 6.06. The molecule has 1 aromatic heterocycles. The van der Waals surface area contributed by atoms with Crippen LogP contribution in [0.1, 0.15) is 17.0 Å². The average Bonchev–Trinajstić information content (AvgIpc) is 2.71. The minimum Gasteiger partial charge on any atom is -0.494 e. The molecular weight excluding hydrogens is 315 g/mol. The second-order valence-electron chi connectivity index (χ2n) is 3.73. The number of ether oxygens (including phenoxy) is 1. The number of rotatable bonds is 2. The van der Waals surface area contributed by atoms with Gasteiger partial charge in [0, 0.05) is 17.5 Å². The van der Waals surface area contributed by atoms with Crippen molar-refractivity contribution in [2.45, 2.75) is 13.8 Å². The molecule has 16 heavy (non-hydrogen) atoms. The van der Waals surface area contributed by atoms with Gasteiger partial charge in [0.05, 0.1) is 7.11 Å². The highest BCUT2D eigenvalue weighted by atomic mass is 127. The van der Waals surface area contributed by atoms with E-state index in [1.165, 1.54) is 5.56 Å². The zero-order chi connectivity index (χ0) is 11.7. The number of aryl methyl sites for hydroxylation is 2. The molecule has 0 amide bonds. The third-order valence-electron chi connectivity index (χ3n) is 2.42. The number of hydrogen-bond acceptors (Lipinski definition) is 2. The molecule has 0 bridgehead atoms. The molecule has 0 radical (unpaired) electrons. The summed E-state index contributed by atoms with van der Waals surface area (Å²) in [5.74, 6) is 0.816. The molecule has 0 fully saturated rings. The summed E-state index contributed by atoms with van der Waals surface area (Å²) in [6, 6.07) is 2.12. The van der Waals surface area contributed by atoms with Crippen molar-refractivity contribution < 1.29 is 4.74 Å². The molecule has 0 unspecified atom stereocenters. The molecule has 0 saturated heterocycles. The topological polar surface area (TPSA) is 37.4 Å². The van der Waals surface area contributed by atoms with Crippen molar-refractivity contribution in [3.63, 3.8) is 0 Å². The van der Waals surface area contributed by atoms with Crippen molar-refractivity contribution in [3.8, 4) is 0 Å². The van der Waals surface area contributed by atoms with Crippen LogP contribution in [0.3, 0.4) is 0 Å². The fraction of sp³-hybridized carbons (Fsp3) is 0.250. The van der Waals surface area contributed by atoms with Gasteiger partial charge in [-0.2, -0.15) is 0 Å². The Hall–Kier alpha value is -1.04. The minimum absolute atomic E-state index is 0.816. The van der Waals surface area contributed by atoms with Gasteiger partial charge in [0.15, 0.2) is 0 Å². The van der Waals surface area contributed by atoms with Gasteiger partial charge < -0.3 is 9.72 Å². The lowest BCUT2D eigenvalue weighted by Gasteiger charge is -2.01. The van der Waals surface area contributed by atoms with E-state index in [0.29, 0.717) is 0 Å². The fourth-order valence-electron chi connectivity index (χ4n) is 1.69. The summed E-state index contributed by atoms with van der Waals surface area (Å²) in [4.78, 5) is 7.71. The Morgan fingerprint density at radius 1 is 1.44 bits per heavy atom. The van der Waals surface area contributed by atoms with E-state index in [0.717, 1.165) is 26.6 Å². The third kappa shape index (κ3) is 2.21. The van der Waals surface area contributed by atoms with E-state index in [1.807, 2.05) is 19.1 Å². The molecule has 4 heteroatoms. The Balaban J connectivity index is 2.39. The first kappa shape index (κ1) is 11.4. The van der Waals surface area contributed by atoms with Crippen LogP contribution in [0.4, 0.5) is 0 Å².